The summed E-state index contributed by atoms with van der Waals surface area (Å²) in [7, 11) is 4.56. The van der Waals surface area contributed by atoms with Crippen LogP contribution in [0.2, 0.25) is 10.0 Å². The molecule has 0 bridgehead atoms. The molecule has 0 aliphatic carbocycles. The topological polar surface area (TPSA) is 103 Å². The Bertz CT molecular complexity index is 945. The van der Waals surface area contributed by atoms with Crippen molar-refractivity contribution in [1.82, 2.24) is 5.32 Å². The van der Waals surface area contributed by atoms with Crippen molar-refractivity contribution in [3.05, 3.63) is 51.5 Å². The smallest absolute Gasteiger partial charge is 0.404 e. The fraction of sp³-hybridized carbons (Fsp3) is 0.391. The van der Waals surface area contributed by atoms with E-state index in [-0.39, 0.29) is 26.2 Å². The Kier molecular flexibility index (Phi) is 10.1. The first-order valence-corrected chi connectivity index (χ1v) is 10.8. The minimum Gasteiger partial charge on any atom is -0.493 e. The van der Waals surface area contributed by atoms with Gasteiger partial charge in [-0.25, -0.2) is 4.79 Å². The number of methoxy groups -OCH3 is 3. The molecule has 0 aliphatic heterocycles. The van der Waals surface area contributed by atoms with E-state index >= 15 is 0 Å². The molecule has 2 N–H and O–H groups in total. The summed E-state index contributed by atoms with van der Waals surface area (Å²) in [6.07, 6.45) is 0.140. The van der Waals surface area contributed by atoms with Gasteiger partial charge in [0.15, 0.2) is 11.5 Å². The van der Waals surface area contributed by atoms with Gasteiger partial charge in [-0.2, -0.15) is 0 Å². The van der Waals surface area contributed by atoms with E-state index in [1.54, 1.807) is 30.3 Å². The molecule has 1 atom stereocenters. The summed E-state index contributed by atoms with van der Waals surface area (Å²) in [5.41, 5.74) is 0.611. The number of carbonyl (C=O) groups is 2. The molecule has 1 unspecified atom stereocenters. The third-order valence-electron chi connectivity index (χ3n) is 5.22. The van der Waals surface area contributed by atoms with Crippen LogP contribution in [0, 0.1) is 0 Å². The number of carboxylic acid groups (broad SMARTS) is 1. The Morgan fingerprint density at radius 1 is 1.06 bits per heavy atom. The van der Waals surface area contributed by atoms with Gasteiger partial charge < -0.3 is 34.2 Å². The predicted octanol–water partition coefficient (Wildman–Crippen LogP) is 4.72. The maximum atomic E-state index is 11.3. The monoisotopic (exact) mass is 499 g/mol. The lowest BCUT2D eigenvalue weighted by Gasteiger charge is -2.34. The maximum absolute atomic E-state index is 11.3. The van der Waals surface area contributed by atoms with Crippen LogP contribution in [0.4, 0.5) is 4.79 Å². The van der Waals surface area contributed by atoms with Crippen molar-refractivity contribution < 1.29 is 33.6 Å². The maximum Gasteiger partial charge on any atom is 0.404 e. The second-order valence-corrected chi connectivity index (χ2v) is 8.11. The third-order valence-corrected chi connectivity index (χ3v) is 5.96. The number of amides is 1. The summed E-state index contributed by atoms with van der Waals surface area (Å²) >= 11 is 12.3. The van der Waals surface area contributed by atoms with Gasteiger partial charge in [-0.3, -0.25) is 0 Å². The minimum atomic E-state index is -1.19. The molecule has 2 aromatic carbocycles. The van der Waals surface area contributed by atoms with Gasteiger partial charge in [-0.05, 0) is 41.8 Å². The molecule has 0 spiro atoms. The predicted molar refractivity (Wildman–Crippen MR) is 125 cm³/mol. The average molecular weight is 500 g/mol. The zero-order valence-corrected chi connectivity index (χ0v) is 20.2. The second-order valence-electron chi connectivity index (χ2n) is 7.30. The van der Waals surface area contributed by atoms with Crippen molar-refractivity contribution in [2.24, 2.45) is 0 Å². The standard InChI is InChI=1S/C23H27Cl2NO7/c1-30-19-9-15(10-20(31-2)21(19)32-3)12-33-14-23(7-4-8-27,13-26-22(28)29)16-5-6-17(24)18(25)11-16/h5-6,8-11,26H,4,7,12-14H2,1-3H3,(H,28,29). The Labute approximate surface area is 202 Å². The molecule has 1 amide bonds. The molecule has 2 rings (SSSR count). The molecule has 0 aromatic heterocycles. The summed E-state index contributed by atoms with van der Waals surface area (Å²) in [5, 5.41) is 12.3. The lowest BCUT2D eigenvalue weighted by Crippen LogP contribution is -2.44. The molecule has 8 nitrogen and oxygen atoms in total. The number of rotatable bonds is 13. The second kappa shape index (κ2) is 12.5. The van der Waals surface area contributed by atoms with Crippen molar-refractivity contribution in [2.45, 2.75) is 24.9 Å². The van der Waals surface area contributed by atoms with Gasteiger partial charge in [-0.1, -0.05) is 29.3 Å². The number of carbonyl (C=O) groups excluding carboxylic acids is 1. The van der Waals surface area contributed by atoms with Gasteiger partial charge in [0.25, 0.3) is 0 Å². The fourth-order valence-electron chi connectivity index (χ4n) is 3.53. The zero-order valence-electron chi connectivity index (χ0n) is 18.7. The Morgan fingerprint density at radius 3 is 2.24 bits per heavy atom. The van der Waals surface area contributed by atoms with E-state index < -0.39 is 11.5 Å². The minimum absolute atomic E-state index is 0.0173. The first kappa shape index (κ1) is 26.6. The first-order chi connectivity index (χ1) is 15.8. The van der Waals surface area contributed by atoms with Crippen LogP contribution in [0.1, 0.15) is 24.0 Å². The van der Waals surface area contributed by atoms with Gasteiger partial charge >= 0.3 is 6.09 Å². The van der Waals surface area contributed by atoms with E-state index in [4.69, 9.17) is 42.1 Å². The van der Waals surface area contributed by atoms with Crippen LogP contribution in [0.5, 0.6) is 17.2 Å². The van der Waals surface area contributed by atoms with Crippen LogP contribution in [0.15, 0.2) is 30.3 Å². The third kappa shape index (κ3) is 6.90. The van der Waals surface area contributed by atoms with Crippen LogP contribution in [-0.4, -0.2) is 52.0 Å². The first-order valence-electron chi connectivity index (χ1n) is 10.0. The molecule has 0 saturated carbocycles. The van der Waals surface area contributed by atoms with E-state index in [0.29, 0.717) is 39.3 Å². The van der Waals surface area contributed by atoms with Gasteiger partial charge in [-0.15, -0.1) is 0 Å². The Balaban J connectivity index is 2.35. The quantitative estimate of drug-likeness (QED) is 0.384. The number of nitrogens with one attached hydrogen (secondary N) is 1. The molecule has 2 aromatic rings. The van der Waals surface area contributed by atoms with Crippen LogP contribution < -0.4 is 19.5 Å². The molecule has 10 heteroatoms. The van der Waals surface area contributed by atoms with Crippen LogP contribution in [0.3, 0.4) is 0 Å². The lowest BCUT2D eigenvalue weighted by molar-refractivity contribution is -0.108. The highest BCUT2D eigenvalue weighted by Crippen LogP contribution is 2.39. The molecule has 0 heterocycles. The zero-order chi connectivity index (χ0) is 24.4. The number of ether oxygens (including phenoxy) is 4. The molecule has 0 saturated heterocycles. The summed E-state index contributed by atoms with van der Waals surface area (Å²) in [4.78, 5) is 22.4. The molecule has 33 heavy (non-hydrogen) atoms. The van der Waals surface area contributed by atoms with E-state index in [1.165, 1.54) is 21.3 Å². The van der Waals surface area contributed by atoms with Crippen molar-refractivity contribution in [2.75, 3.05) is 34.5 Å². The molecular formula is C23H27Cl2NO7. The van der Waals surface area contributed by atoms with Crippen molar-refractivity contribution in [3.63, 3.8) is 0 Å². The molecule has 0 fully saturated rings. The van der Waals surface area contributed by atoms with Gasteiger partial charge in [0, 0.05) is 18.4 Å². The van der Waals surface area contributed by atoms with Gasteiger partial charge in [0.2, 0.25) is 5.75 Å². The largest absolute Gasteiger partial charge is 0.493 e. The number of hydrogen-bond acceptors (Lipinski definition) is 6. The van der Waals surface area contributed by atoms with E-state index in [0.717, 1.165) is 11.8 Å². The Hall–Kier alpha value is -2.68. The van der Waals surface area contributed by atoms with Gasteiger partial charge in [0.05, 0.1) is 44.6 Å². The summed E-state index contributed by atoms with van der Waals surface area (Å²) in [5.74, 6) is 1.44. The molecule has 0 aliphatic rings. The van der Waals surface area contributed by atoms with E-state index in [2.05, 4.69) is 5.32 Å². The van der Waals surface area contributed by atoms with Crippen LogP contribution in [0.25, 0.3) is 0 Å². The summed E-state index contributed by atoms with van der Waals surface area (Å²) < 4.78 is 22.1. The number of benzene rings is 2. The highest BCUT2D eigenvalue weighted by molar-refractivity contribution is 6.42. The van der Waals surface area contributed by atoms with Crippen molar-refractivity contribution in [1.29, 1.82) is 0 Å². The van der Waals surface area contributed by atoms with Gasteiger partial charge in [0.1, 0.15) is 6.29 Å². The normalized spacial score (nSPS) is 12.5. The summed E-state index contributed by atoms with van der Waals surface area (Å²) in [6.45, 7) is 0.299. The Morgan fingerprint density at radius 2 is 1.73 bits per heavy atom. The molecular weight excluding hydrogens is 473 g/mol. The number of hydrogen-bond donors (Lipinski definition) is 2. The van der Waals surface area contributed by atoms with Crippen LogP contribution in [-0.2, 0) is 21.6 Å². The van der Waals surface area contributed by atoms with E-state index in [1.807, 2.05) is 0 Å². The van der Waals surface area contributed by atoms with Crippen LogP contribution >= 0.6 is 23.2 Å². The summed E-state index contributed by atoms with van der Waals surface area (Å²) in [6, 6.07) is 8.59. The fourth-order valence-corrected chi connectivity index (χ4v) is 3.83. The number of halogens is 2. The highest BCUT2D eigenvalue weighted by atomic mass is 35.5. The molecule has 0 radical (unpaired) electrons. The number of aldehydes is 1. The highest BCUT2D eigenvalue weighted by Gasteiger charge is 2.33. The van der Waals surface area contributed by atoms with E-state index in [9.17, 15) is 14.7 Å². The average Bonchev–Trinajstić information content (AvgIpc) is 2.81. The molecule has 180 valence electrons. The SMILES string of the molecule is COc1cc(COCC(CCC=O)(CNC(=O)O)c2ccc(Cl)c(Cl)c2)cc(OC)c1OC. The van der Waals surface area contributed by atoms with Crippen molar-refractivity contribution >= 4 is 35.6 Å². The lowest BCUT2D eigenvalue weighted by atomic mass is 9.77. The van der Waals surface area contributed by atoms with Crippen molar-refractivity contribution in [3.8, 4) is 17.2 Å².